The molecule has 0 unspecified atom stereocenters. The summed E-state index contributed by atoms with van der Waals surface area (Å²) in [5.41, 5.74) is 1.03. The van der Waals surface area contributed by atoms with E-state index in [1.54, 1.807) is 0 Å². The lowest BCUT2D eigenvalue weighted by molar-refractivity contribution is 0.398. The molecule has 4 heteroatoms. The van der Waals surface area contributed by atoms with Crippen molar-refractivity contribution < 1.29 is 0 Å². The summed E-state index contributed by atoms with van der Waals surface area (Å²) in [4.78, 5) is 4.45. The van der Waals surface area contributed by atoms with Gasteiger partial charge >= 0.3 is 0 Å². The Labute approximate surface area is 110 Å². The summed E-state index contributed by atoms with van der Waals surface area (Å²) in [6.07, 6.45) is 7.60. The second-order valence-electron chi connectivity index (χ2n) is 4.38. The van der Waals surface area contributed by atoms with Crippen molar-refractivity contribution in [2.75, 3.05) is 0 Å². The molecule has 2 nitrogen and oxygen atoms in total. The van der Waals surface area contributed by atoms with E-state index in [0.717, 1.165) is 11.5 Å². The van der Waals surface area contributed by atoms with Gasteiger partial charge in [-0.1, -0.05) is 29.6 Å². The molecule has 3 rings (SSSR count). The van der Waals surface area contributed by atoms with Crippen molar-refractivity contribution in [3.05, 3.63) is 46.5 Å². The summed E-state index contributed by atoms with van der Waals surface area (Å²) in [5, 5.41) is 1.16. The van der Waals surface area contributed by atoms with Crippen LogP contribution >= 0.6 is 23.2 Å². The molecule has 0 radical (unpaired) electrons. The predicted octanol–water partition coefficient (Wildman–Crippen LogP) is 4.45. The third kappa shape index (κ3) is 1.96. The molecule has 1 aliphatic carbocycles. The molecule has 2 aromatic rings. The van der Waals surface area contributed by atoms with Gasteiger partial charge in [0.15, 0.2) is 0 Å². The number of rotatable bonds is 2. The number of hydrogen-bond acceptors (Lipinski definition) is 1. The zero-order chi connectivity index (χ0) is 11.8. The van der Waals surface area contributed by atoms with E-state index in [-0.39, 0.29) is 0 Å². The summed E-state index contributed by atoms with van der Waals surface area (Å²) in [6.45, 7) is 0. The molecule has 1 saturated carbocycles. The molecule has 0 bridgehead atoms. The van der Waals surface area contributed by atoms with Crippen LogP contribution in [-0.2, 0) is 0 Å². The monoisotopic (exact) mass is 266 g/mol. The van der Waals surface area contributed by atoms with Gasteiger partial charge in [0.1, 0.15) is 5.82 Å². The van der Waals surface area contributed by atoms with E-state index >= 15 is 0 Å². The molecule has 0 spiro atoms. The molecule has 0 amide bonds. The van der Waals surface area contributed by atoms with Crippen LogP contribution in [0.3, 0.4) is 0 Å². The zero-order valence-electron chi connectivity index (χ0n) is 9.24. The van der Waals surface area contributed by atoms with Crippen LogP contribution in [0, 0.1) is 0 Å². The van der Waals surface area contributed by atoms with Crippen molar-refractivity contribution in [2.24, 2.45) is 0 Å². The molecule has 1 aromatic carbocycles. The summed E-state index contributed by atoms with van der Waals surface area (Å²) < 4.78 is 2.10. The molecule has 1 aromatic heterocycles. The van der Waals surface area contributed by atoms with E-state index in [1.807, 2.05) is 30.6 Å². The quantitative estimate of drug-likeness (QED) is 0.786. The first-order valence-corrected chi connectivity index (χ1v) is 6.50. The van der Waals surface area contributed by atoms with Crippen LogP contribution in [0.1, 0.15) is 31.0 Å². The SMILES string of the molecule is Clc1ccc(-n2ccnc2C2CCC2)cc1Cl. The molecule has 17 heavy (non-hydrogen) atoms. The van der Waals surface area contributed by atoms with Crippen LogP contribution in [-0.4, -0.2) is 9.55 Å². The summed E-state index contributed by atoms with van der Waals surface area (Å²) >= 11 is 12.0. The normalized spacial score (nSPS) is 15.9. The van der Waals surface area contributed by atoms with Gasteiger partial charge in [-0.05, 0) is 31.0 Å². The Morgan fingerprint density at radius 2 is 2.00 bits per heavy atom. The topological polar surface area (TPSA) is 17.8 Å². The Morgan fingerprint density at radius 3 is 2.65 bits per heavy atom. The highest BCUT2D eigenvalue weighted by Gasteiger charge is 2.24. The third-order valence-electron chi connectivity index (χ3n) is 3.32. The van der Waals surface area contributed by atoms with Crippen molar-refractivity contribution in [3.8, 4) is 5.69 Å². The minimum Gasteiger partial charge on any atom is -0.303 e. The lowest BCUT2D eigenvalue weighted by Crippen LogP contribution is -2.14. The highest BCUT2D eigenvalue weighted by Crippen LogP contribution is 2.36. The first kappa shape index (κ1) is 11.1. The lowest BCUT2D eigenvalue weighted by Gasteiger charge is -2.25. The molecular weight excluding hydrogens is 255 g/mol. The van der Waals surface area contributed by atoms with Gasteiger partial charge in [0.2, 0.25) is 0 Å². The molecule has 0 N–H and O–H groups in total. The molecule has 1 fully saturated rings. The standard InChI is InChI=1S/C13H12Cl2N2/c14-11-5-4-10(8-12(11)15)17-7-6-16-13(17)9-2-1-3-9/h4-9H,1-3H2. The molecule has 1 heterocycles. The second-order valence-corrected chi connectivity index (χ2v) is 5.20. The minimum atomic E-state index is 0.581. The van der Waals surface area contributed by atoms with E-state index in [1.165, 1.54) is 19.3 Å². The Kier molecular flexibility index (Phi) is 2.85. The van der Waals surface area contributed by atoms with Gasteiger partial charge in [-0.15, -0.1) is 0 Å². The van der Waals surface area contributed by atoms with Gasteiger partial charge in [0.25, 0.3) is 0 Å². The first-order valence-electron chi connectivity index (χ1n) is 5.74. The summed E-state index contributed by atoms with van der Waals surface area (Å²) in [7, 11) is 0. The van der Waals surface area contributed by atoms with Gasteiger partial charge in [0.05, 0.1) is 10.0 Å². The van der Waals surface area contributed by atoms with E-state index in [4.69, 9.17) is 23.2 Å². The average molecular weight is 267 g/mol. The van der Waals surface area contributed by atoms with Gasteiger partial charge in [-0.3, -0.25) is 0 Å². The van der Waals surface area contributed by atoms with Gasteiger partial charge in [-0.25, -0.2) is 4.98 Å². The van der Waals surface area contributed by atoms with Crippen molar-refractivity contribution in [1.29, 1.82) is 0 Å². The van der Waals surface area contributed by atoms with Crippen LogP contribution < -0.4 is 0 Å². The van der Waals surface area contributed by atoms with Crippen molar-refractivity contribution in [2.45, 2.75) is 25.2 Å². The minimum absolute atomic E-state index is 0.581. The summed E-state index contributed by atoms with van der Waals surface area (Å²) in [5.74, 6) is 1.73. The Bertz CT molecular complexity index is 544. The molecule has 88 valence electrons. The van der Waals surface area contributed by atoms with Crippen LogP contribution in [0.15, 0.2) is 30.6 Å². The Hall–Kier alpha value is -0.990. The first-order chi connectivity index (χ1) is 8.25. The van der Waals surface area contributed by atoms with Crippen LogP contribution in [0.4, 0.5) is 0 Å². The number of benzene rings is 1. The number of imidazole rings is 1. The molecule has 0 atom stereocenters. The van der Waals surface area contributed by atoms with Crippen LogP contribution in [0.2, 0.25) is 10.0 Å². The fourth-order valence-corrected chi connectivity index (χ4v) is 2.43. The molecule has 0 saturated heterocycles. The zero-order valence-corrected chi connectivity index (χ0v) is 10.7. The fraction of sp³-hybridized carbons (Fsp3) is 0.308. The highest BCUT2D eigenvalue weighted by atomic mass is 35.5. The summed E-state index contributed by atoms with van der Waals surface area (Å²) in [6, 6.07) is 5.68. The van der Waals surface area contributed by atoms with Gasteiger partial charge < -0.3 is 4.57 Å². The smallest absolute Gasteiger partial charge is 0.116 e. The highest BCUT2D eigenvalue weighted by molar-refractivity contribution is 6.42. The van der Waals surface area contributed by atoms with Crippen molar-refractivity contribution >= 4 is 23.2 Å². The van der Waals surface area contributed by atoms with Crippen LogP contribution in [0.25, 0.3) is 5.69 Å². The van der Waals surface area contributed by atoms with E-state index in [0.29, 0.717) is 16.0 Å². The molecular formula is C13H12Cl2N2. The van der Waals surface area contributed by atoms with Crippen LogP contribution in [0.5, 0.6) is 0 Å². The number of halogens is 2. The predicted molar refractivity (Wildman–Crippen MR) is 70.2 cm³/mol. The Morgan fingerprint density at radius 1 is 1.18 bits per heavy atom. The number of hydrogen-bond donors (Lipinski definition) is 0. The average Bonchev–Trinajstić information content (AvgIpc) is 2.68. The van der Waals surface area contributed by atoms with E-state index < -0.39 is 0 Å². The Balaban J connectivity index is 2.02. The second kappa shape index (κ2) is 4.35. The lowest BCUT2D eigenvalue weighted by atomic mass is 9.85. The van der Waals surface area contributed by atoms with Crippen molar-refractivity contribution in [1.82, 2.24) is 9.55 Å². The largest absolute Gasteiger partial charge is 0.303 e. The fourth-order valence-electron chi connectivity index (χ4n) is 2.14. The van der Waals surface area contributed by atoms with E-state index in [2.05, 4.69) is 9.55 Å². The maximum absolute atomic E-state index is 6.04. The molecule has 1 aliphatic rings. The van der Waals surface area contributed by atoms with Crippen molar-refractivity contribution in [3.63, 3.8) is 0 Å². The maximum Gasteiger partial charge on any atom is 0.116 e. The number of nitrogens with zero attached hydrogens (tertiary/aromatic N) is 2. The third-order valence-corrected chi connectivity index (χ3v) is 4.06. The molecule has 0 aliphatic heterocycles. The number of aromatic nitrogens is 2. The van der Waals surface area contributed by atoms with Gasteiger partial charge in [-0.2, -0.15) is 0 Å². The van der Waals surface area contributed by atoms with Gasteiger partial charge in [0, 0.05) is 24.0 Å². The van der Waals surface area contributed by atoms with E-state index in [9.17, 15) is 0 Å². The maximum atomic E-state index is 6.04.